The normalized spacial score (nSPS) is 21.4. The van der Waals surface area contributed by atoms with Crippen LogP contribution in [0, 0.1) is 5.92 Å². The van der Waals surface area contributed by atoms with E-state index in [2.05, 4.69) is 5.32 Å². The van der Waals surface area contributed by atoms with E-state index in [1.54, 1.807) is 7.05 Å². The van der Waals surface area contributed by atoms with Gasteiger partial charge in [0.05, 0.1) is 5.92 Å². The Bertz CT molecular complexity index is 329. The molecule has 0 aromatic heterocycles. The van der Waals surface area contributed by atoms with Gasteiger partial charge in [0.15, 0.2) is 0 Å². The second kappa shape index (κ2) is 5.65. The monoisotopic (exact) mass is 242 g/mol. The third-order valence-corrected chi connectivity index (χ3v) is 2.90. The van der Waals surface area contributed by atoms with E-state index in [1.807, 2.05) is 6.92 Å². The lowest BCUT2D eigenvalue weighted by Gasteiger charge is -2.16. The van der Waals surface area contributed by atoms with Crippen molar-refractivity contribution in [2.24, 2.45) is 5.92 Å². The summed E-state index contributed by atoms with van der Waals surface area (Å²) >= 11 is 0. The molecule has 1 saturated heterocycles. The van der Waals surface area contributed by atoms with Gasteiger partial charge in [0.2, 0.25) is 11.8 Å². The summed E-state index contributed by atoms with van der Waals surface area (Å²) in [5.74, 6) is -1.87. The second-order valence-electron chi connectivity index (χ2n) is 4.36. The molecule has 2 N–H and O–H groups in total. The Labute approximate surface area is 100.0 Å². The summed E-state index contributed by atoms with van der Waals surface area (Å²) in [5, 5.41) is 11.4. The number of carboxylic acids is 1. The fourth-order valence-corrected chi connectivity index (χ4v) is 1.87. The van der Waals surface area contributed by atoms with Gasteiger partial charge in [-0.25, -0.2) is 4.79 Å². The molecule has 1 rings (SSSR count). The number of carbonyl (C=O) groups is 3. The lowest BCUT2D eigenvalue weighted by Crippen LogP contribution is -2.44. The Kier molecular flexibility index (Phi) is 4.48. The van der Waals surface area contributed by atoms with Crippen LogP contribution < -0.4 is 5.32 Å². The van der Waals surface area contributed by atoms with Crippen LogP contribution in [-0.4, -0.2) is 47.4 Å². The van der Waals surface area contributed by atoms with Gasteiger partial charge in [-0.3, -0.25) is 9.59 Å². The molecule has 1 fully saturated rings. The van der Waals surface area contributed by atoms with Gasteiger partial charge in [-0.15, -0.1) is 0 Å². The summed E-state index contributed by atoms with van der Waals surface area (Å²) in [7, 11) is 1.64. The van der Waals surface area contributed by atoms with Crippen LogP contribution in [0.2, 0.25) is 0 Å². The smallest absolute Gasteiger partial charge is 0.326 e. The summed E-state index contributed by atoms with van der Waals surface area (Å²) < 4.78 is 0. The zero-order chi connectivity index (χ0) is 13.0. The average molecular weight is 242 g/mol. The molecule has 2 atom stereocenters. The van der Waals surface area contributed by atoms with E-state index in [1.165, 1.54) is 4.90 Å². The number of carbonyl (C=O) groups excluding carboxylic acids is 2. The fraction of sp³-hybridized carbons (Fsp3) is 0.727. The number of hydrogen-bond acceptors (Lipinski definition) is 3. The molecule has 0 spiro atoms. The zero-order valence-electron chi connectivity index (χ0n) is 10.1. The van der Waals surface area contributed by atoms with Crippen molar-refractivity contribution in [2.75, 3.05) is 13.6 Å². The van der Waals surface area contributed by atoms with E-state index < -0.39 is 17.9 Å². The predicted molar refractivity (Wildman–Crippen MR) is 60.2 cm³/mol. The Balaban J connectivity index is 2.53. The average Bonchev–Trinajstić information content (AvgIpc) is 2.58. The summed E-state index contributed by atoms with van der Waals surface area (Å²) in [6.45, 7) is 2.22. The number of hydrogen-bond donors (Lipinski definition) is 2. The molecule has 96 valence electrons. The van der Waals surface area contributed by atoms with Crippen LogP contribution in [-0.2, 0) is 14.4 Å². The van der Waals surface area contributed by atoms with Crippen LogP contribution in [0.1, 0.15) is 26.2 Å². The lowest BCUT2D eigenvalue weighted by molar-refractivity contribution is -0.142. The Morgan fingerprint density at radius 2 is 2.24 bits per heavy atom. The van der Waals surface area contributed by atoms with Crippen LogP contribution in [0.4, 0.5) is 0 Å². The number of nitrogens with zero attached hydrogens (tertiary/aromatic N) is 1. The predicted octanol–water partition coefficient (Wildman–Crippen LogP) is -0.166. The standard InChI is InChI=1S/C11H18N2O4/c1-3-4-8(11(16)17)12-10(15)7-5-9(14)13(2)6-7/h7-8H,3-6H2,1-2H3,(H,12,15)(H,16,17)/t7?,8-/m1/s1. The van der Waals surface area contributed by atoms with E-state index in [9.17, 15) is 14.4 Å². The summed E-state index contributed by atoms with van der Waals surface area (Å²) in [6, 6.07) is -0.853. The Hall–Kier alpha value is -1.59. The molecular formula is C11H18N2O4. The minimum absolute atomic E-state index is 0.0764. The van der Waals surface area contributed by atoms with Gasteiger partial charge < -0.3 is 15.3 Å². The topological polar surface area (TPSA) is 86.7 Å². The Morgan fingerprint density at radius 3 is 2.65 bits per heavy atom. The van der Waals surface area contributed by atoms with Crippen LogP contribution in [0.15, 0.2) is 0 Å². The molecule has 1 aliphatic rings. The molecule has 0 radical (unpaired) electrons. The van der Waals surface area contributed by atoms with Crippen molar-refractivity contribution in [1.29, 1.82) is 0 Å². The van der Waals surface area contributed by atoms with Gasteiger partial charge >= 0.3 is 5.97 Å². The van der Waals surface area contributed by atoms with Crippen molar-refractivity contribution in [2.45, 2.75) is 32.2 Å². The van der Waals surface area contributed by atoms with Crippen molar-refractivity contribution in [3.8, 4) is 0 Å². The molecule has 0 aromatic rings. The maximum atomic E-state index is 11.8. The molecule has 0 aliphatic carbocycles. The molecule has 1 aliphatic heterocycles. The summed E-state index contributed by atoms with van der Waals surface area (Å²) in [5.41, 5.74) is 0. The van der Waals surface area contributed by atoms with Crippen molar-refractivity contribution in [1.82, 2.24) is 10.2 Å². The van der Waals surface area contributed by atoms with Gasteiger partial charge in [0.25, 0.3) is 0 Å². The first-order chi connectivity index (χ1) is 7.95. The molecule has 0 bridgehead atoms. The molecule has 17 heavy (non-hydrogen) atoms. The first-order valence-corrected chi connectivity index (χ1v) is 5.72. The molecule has 6 heteroatoms. The first kappa shape index (κ1) is 13.5. The highest BCUT2D eigenvalue weighted by Crippen LogP contribution is 2.16. The van der Waals surface area contributed by atoms with Gasteiger partial charge in [-0.05, 0) is 6.42 Å². The maximum absolute atomic E-state index is 11.8. The van der Waals surface area contributed by atoms with E-state index in [0.717, 1.165) is 0 Å². The highest BCUT2D eigenvalue weighted by molar-refractivity contribution is 5.91. The molecule has 1 unspecified atom stereocenters. The lowest BCUT2D eigenvalue weighted by atomic mass is 10.1. The van der Waals surface area contributed by atoms with Gasteiger partial charge in [-0.1, -0.05) is 13.3 Å². The van der Waals surface area contributed by atoms with Gasteiger partial charge in [0, 0.05) is 20.0 Å². The number of nitrogens with one attached hydrogen (secondary N) is 1. The van der Waals surface area contributed by atoms with Crippen LogP contribution in [0.25, 0.3) is 0 Å². The van der Waals surface area contributed by atoms with Crippen molar-refractivity contribution in [3.05, 3.63) is 0 Å². The van der Waals surface area contributed by atoms with Crippen molar-refractivity contribution in [3.63, 3.8) is 0 Å². The number of aliphatic carboxylic acids is 1. The maximum Gasteiger partial charge on any atom is 0.326 e. The Morgan fingerprint density at radius 1 is 1.59 bits per heavy atom. The van der Waals surface area contributed by atoms with Gasteiger partial charge in [-0.2, -0.15) is 0 Å². The van der Waals surface area contributed by atoms with E-state index in [-0.39, 0.29) is 18.2 Å². The molecular weight excluding hydrogens is 224 g/mol. The van der Waals surface area contributed by atoms with Crippen LogP contribution in [0.3, 0.4) is 0 Å². The highest BCUT2D eigenvalue weighted by atomic mass is 16.4. The molecule has 1 heterocycles. The molecule has 6 nitrogen and oxygen atoms in total. The van der Waals surface area contributed by atoms with Crippen LogP contribution >= 0.6 is 0 Å². The molecule has 0 aromatic carbocycles. The van der Waals surface area contributed by atoms with Crippen molar-refractivity contribution < 1.29 is 19.5 Å². The largest absolute Gasteiger partial charge is 0.480 e. The third-order valence-electron chi connectivity index (χ3n) is 2.90. The summed E-state index contributed by atoms with van der Waals surface area (Å²) in [4.78, 5) is 35.4. The van der Waals surface area contributed by atoms with E-state index >= 15 is 0 Å². The minimum atomic E-state index is -1.03. The minimum Gasteiger partial charge on any atom is -0.480 e. The number of amides is 2. The second-order valence-corrected chi connectivity index (χ2v) is 4.36. The first-order valence-electron chi connectivity index (χ1n) is 5.72. The molecule has 2 amide bonds. The highest BCUT2D eigenvalue weighted by Gasteiger charge is 2.33. The number of rotatable bonds is 5. The fourth-order valence-electron chi connectivity index (χ4n) is 1.87. The van der Waals surface area contributed by atoms with Gasteiger partial charge in [0.1, 0.15) is 6.04 Å². The summed E-state index contributed by atoms with van der Waals surface area (Å²) in [6.07, 6.45) is 1.25. The SMILES string of the molecule is CCC[C@@H](NC(=O)C1CC(=O)N(C)C1)C(=O)O. The number of likely N-dealkylation sites (tertiary alicyclic amines) is 1. The zero-order valence-corrected chi connectivity index (χ0v) is 10.1. The van der Waals surface area contributed by atoms with Crippen molar-refractivity contribution >= 4 is 17.8 Å². The van der Waals surface area contributed by atoms with E-state index in [4.69, 9.17) is 5.11 Å². The number of carboxylic acid groups (broad SMARTS) is 1. The van der Waals surface area contributed by atoms with E-state index in [0.29, 0.717) is 19.4 Å². The third kappa shape index (κ3) is 3.44. The molecule has 0 saturated carbocycles. The van der Waals surface area contributed by atoms with Crippen LogP contribution in [0.5, 0.6) is 0 Å². The quantitative estimate of drug-likeness (QED) is 0.701.